The van der Waals surface area contributed by atoms with E-state index >= 15 is 0 Å². The van der Waals surface area contributed by atoms with E-state index in [9.17, 15) is 4.39 Å². The minimum absolute atomic E-state index is 0.0570. The second-order valence-electron chi connectivity index (χ2n) is 5.90. The van der Waals surface area contributed by atoms with Crippen LogP contribution in [0.2, 0.25) is 0 Å². The van der Waals surface area contributed by atoms with Crippen molar-refractivity contribution in [3.05, 3.63) is 34.1 Å². The van der Waals surface area contributed by atoms with Gasteiger partial charge in [0.05, 0.1) is 0 Å². The summed E-state index contributed by atoms with van der Waals surface area (Å²) >= 11 is 3.47. The van der Waals surface area contributed by atoms with Crippen molar-refractivity contribution in [3.63, 3.8) is 0 Å². The van der Waals surface area contributed by atoms with Crippen LogP contribution in [0, 0.1) is 11.2 Å². The summed E-state index contributed by atoms with van der Waals surface area (Å²) in [5.41, 5.74) is 1.09. The lowest BCUT2D eigenvalue weighted by atomic mass is 9.51. The quantitative estimate of drug-likeness (QED) is 0.744. The molecule has 0 saturated heterocycles. The van der Waals surface area contributed by atoms with E-state index in [4.69, 9.17) is 0 Å². The molecule has 2 unspecified atom stereocenters. The number of hydrogen-bond donors (Lipinski definition) is 1. The Balaban J connectivity index is 2.26. The van der Waals surface area contributed by atoms with E-state index in [1.165, 1.54) is 0 Å². The van der Waals surface area contributed by atoms with Crippen molar-refractivity contribution in [1.29, 1.82) is 0 Å². The van der Waals surface area contributed by atoms with Gasteiger partial charge in [-0.25, -0.2) is 4.39 Å². The Hall–Kier alpha value is -0.410. The Labute approximate surface area is 130 Å². The summed E-state index contributed by atoms with van der Waals surface area (Å²) in [7, 11) is 0. The molecule has 20 heavy (non-hydrogen) atoms. The Morgan fingerprint density at radius 2 is 2.00 bits per heavy atom. The summed E-state index contributed by atoms with van der Waals surface area (Å²) in [6, 6.07) is 5.86. The highest BCUT2D eigenvalue weighted by atomic mass is 79.9. The van der Waals surface area contributed by atoms with Crippen molar-refractivity contribution in [2.45, 2.75) is 58.4 Å². The molecule has 1 nitrogen and oxygen atoms in total. The lowest BCUT2D eigenvalue weighted by molar-refractivity contribution is 0.0184. The van der Waals surface area contributed by atoms with Crippen molar-refractivity contribution in [2.24, 2.45) is 5.41 Å². The largest absolute Gasteiger partial charge is 0.313 e. The molecule has 0 aliphatic heterocycles. The van der Waals surface area contributed by atoms with Crippen LogP contribution >= 0.6 is 15.9 Å². The van der Waals surface area contributed by atoms with Gasteiger partial charge in [-0.3, -0.25) is 0 Å². The molecule has 0 heterocycles. The molecule has 1 aliphatic rings. The van der Waals surface area contributed by atoms with Crippen LogP contribution in [0.4, 0.5) is 4.39 Å². The number of hydrogen-bond acceptors (Lipinski definition) is 1. The van der Waals surface area contributed by atoms with Crippen molar-refractivity contribution < 1.29 is 4.39 Å². The lowest BCUT2D eigenvalue weighted by Gasteiger charge is -2.57. The van der Waals surface area contributed by atoms with Gasteiger partial charge >= 0.3 is 0 Å². The summed E-state index contributed by atoms with van der Waals surface area (Å²) in [5.74, 6) is 0.280. The predicted octanol–water partition coefficient (Wildman–Crippen LogP) is 5.25. The van der Waals surface area contributed by atoms with Gasteiger partial charge in [0.2, 0.25) is 0 Å². The Kier molecular flexibility index (Phi) is 5.25. The molecular weight excluding hydrogens is 317 g/mol. The Morgan fingerprint density at radius 1 is 1.30 bits per heavy atom. The van der Waals surface area contributed by atoms with Gasteiger partial charge in [0, 0.05) is 10.5 Å². The molecular formula is C17H25BrFN. The van der Waals surface area contributed by atoms with Crippen LogP contribution in [0.25, 0.3) is 0 Å². The first-order valence-electron chi connectivity index (χ1n) is 7.77. The highest BCUT2D eigenvalue weighted by molar-refractivity contribution is 9.10. The van der Waals surface area contributed by atoms with E-state index < -0.39 is 0 Å². The SMILES string of the molecule is CCCNC1CC(c2cc(Br)ccc2F)C1(CC)CC. The third-order valence-electron chi connectivity index (χ3n) is 5.15. The van der Waals surface area contributed by atoms with Crippen LogP contribution in [0.3, 0.4) is 0 Å². The molecule has 1 aliphatic carbocycles. The van der Waals surface area contributed by atoms with Crippen LogP contribution in [0.15, 0.2) is 22.7 Å². The minimum Gasteiger partial charge on any atom is -0.313 e. The molecule has 0 spiro atoms. The maximum Gasteiger partial charge on any atom is 0.126 e. The van der Waals surface area contributed by atoms with Crippen molar-refractivity contribution >= 4 is 15.9 Å². The molecule has 112 valence electrons. The van der Waals surface area contributed by atoms with Crippen LogP contribution in [-0.4, -0.2) is 12.6 Å². The number of rotatable bonds is 6. The molecule has 0 bridgehead atoms. The molecule has 0 amide bonds. The van der Waals surface area contributed by atoms with Gasteiger partial charge in [-0.05, 0) is 67.3 Å². The van der Waals surface area contributed by atoms with Gasteiger partial charge in [0.15, 0.2) is 0 Å². The summed E-state index contributed by atoms with van der Waals surface area (Å²) in [6.07, 6.45) is 4.40. The number of benzene rings is 1. The topological polar surface area (TPSA) is 12.0 Å². The first-order chi connectivity index (χ1) is 9.58. The maximum atomic E-state index is 14.2. The van der Waals surface area contributed by atoms with E-state index in [2.05, 4.69) is 42.0 Å². The van der Waals surface area contributed by atoms with Crippen LogP contribution in [0.1, 0.15) is 57.9 Å². The molecule has 2 atom stereocenters. The molecule has 0 aromatic heterocycles. The second-order valence-corrected chi connectivity index (χ2v) is 6.82. The van der Waals surface area contributed by atoms with E-state index in [0.717, 1.165) is 42.3 Å². The van der Waals surface area contributed by atoms with Crippen LogP contribution in [-0.2, 0) is 0 Å². The van der Waals surface area contributed by atoms with Gasteiger partial charge in [-0.1, -0.05) is 36.7 Å². The van der Waals surface area contributed by atoms with Crippen molar-refractivity contribution in [2.75, 3.05) is 6.54 Å². The molecule has 1 fully saturated rings. The summed E-state index contributed by atoms with van der Waals surface area (Å²) in [4.78, 5) is 0. The number of halogens is 2. The monoisotopic (exact) mass is 341 g/mol. The summed E-state index contributed by atoms with van der Waals surface area (Å²) < 4.78 is 15.2. The summed E-state index contributed by atoms with van der Waals surface area (Å²) in [5, 5.41) is 3.66. The zero-order chi connectivity index (χ0) is 14.8. The molecule has 1 saturated carbocycles. The minimum atomic E-state index is -0.0570. The van der Waals surface area contributed by atoms with Crippen LogP contribution in [0.5, 0.6) is 0 Å². The molecule has 2 rings (SSSR count). The number of nitrogens with one attached hydrogen (secondary N) is 1. The molecule has 1 N–H and O–H groups in total. The fraction of sp³-hybridized carbons (Fsp3) is 0.647. The lowest BCUT2D eigenvalue weighted by Crippen LogP contribution is -2.58. The maximum absolute atomic E-state index is 14.2. The van der Waals surface area contributed by atoms with Gasteiger partial charge in [0.1, 0.15) is 5.82 Å². The van der Waals surface area contributed by atoms with Gasteiger partial charge < -0.3 is 5.32 Å². The Morgan fingerprint density at radius 3 is 2.60 bits per heavy atom. The molecule has 1 aromatic rings. The molecule has 0 radical (unpaired) electrons. The first kappa shape index (κ1) is 16.0. The molecule has 1 aromatic carbocycles. The average Bonchev–Trinajstić information content (AvgIpc) is 2.43. The molecule has 3 heteroatoms. The third kappa shape index (κ3) is 2.67. The summed E-state index contributed by atoms with van der Waals surface area (Å²) in [6.45, 7) is 7.73. The van der Waals surface area contributed by atoms with Crippen molar-refractivity contribution in [3.8, 4) is 0 Å². The van der Waals surface area contributed by atoms with Crippen molar-refractivity contribution in [1.82, 2.24) is 5.32 Å². The van der Waals surface area contributed by atoms with E-state index in [1.54, 1.807) is 12.1 Å². The highest BCUT2D eigenvalue weighted by Crippen LogP contribution is 2.57. The zero-order valence-corrected chi connectivity index (χ0v) is 14.3. The van der Waals surface area contributed by atoms with Gasteiger partial charge in [0.25, 0.3) is 0 Å². The average molecular weight is 342 g/mol. The fourth-order valence-corrected chi connectivity index (χ4v) is 4.23. The first-order valence-corrected chi connectivity index (χ1v) is 8.56. The smallest absolute Gasteiger partial charge is 0.126 e. The van der Waals surface area contributed by atoms with Gasteiger partial charge in [-0.15, -0.1) is 0 Å². The predicted molar refractivity (Wildman–Crippen MR) is 86.6 cm³/mol. The zero-order valence-electron chi connectivity index (χ0n) is 12.7. The van der Waals surface area contributed by atoms with E-state index in [0.29, 0.717) is 12.0 Å². The second kappa shape index (κ2) is 6.57. The van der Waals surface area contributed by atoms with Gasteiger partial charge in [-0.2, -0.15) is 0 Å². The Bertz CT molecular complexity index is 456. The normalized spacial score (nSPS) is 24.4. The van der Waals surface area contributed by atoms with E-state index in [1.807, 2.05) is 6.07 Å². The fourth-order valence-electron chi connectivity index (χ4n) is 3.85. The van der Waals surface area contributed by atoms with E-state index in [-0.39, 0.29) is 11.2 Å². The highest BCUT2D eigenvalue weighted by Gasteiger charge is 2.53. The third-order valence-corrected chi connectivity index (χ3v) is 5.64. The standard InChI is InChI=1S/C17H25BrFN/c1-4-9-20-16-11-14(17(16,5-2)6-3)13-10-12(18)7-8-15(13)19/h7-8,10,14,16,20H,4-6,9,11H2,1-3H3. The van der Waals surface area contributed by atoms with Crippen LogP contribution < -0.4 is 5.32 Å².